The van der Waals surface area contributed by atoms with Gasteiger partial charge in [0.2, 0.25) is 0 Å². The fourth-order valence-electron chi connectivity index (χ4n) is 4.45. The highest BCUT2D eigenvalue weighted by Crippen LogP contribution is 2.77. The average Bonchev–Trinajstić information content (AvgIpc) is 2.99. The van der Waals surface area contributed by atoms with E-state index in [-0.39, 0.29) is 0 Å². The minimum Gasteiger partial charge on any atom is -0.289 e. The zero-order chi connectivity index (χ0) is 25.1. The molecule has 0 aliphatic carbocycles. The van der Waals surface area contributed by atoms with Crippen molar-refractivity contribution in [2.24, 2.45) is 4.52 Å². The van der Waals surface area contributed by atoms with Crippen molar-refractivity contribution in [2.75, 3.05) is 4.44 Å². The first-order chi connectivity index (χ1) is 18.3. The van der Waals surface area contributed by atoms with Gasteiger partial charge in [-0.15, -0.1) is 3.96 Å². The van der Waals surface area contributed by atoms with Crippen LogP contribution in [0.4, 0.5) is 5.69 Å². The molecule has 0 fully saturated rings. The lowest BCUT2D eigenvalue weighted by molar-refractivity contribution is 1.15. The summed E-state index contributed by atoms with van der Waals surface area (Å²) in [6.07, 6.45) is 0. The molecule has 0 N–H and O–H groups in total. The summed E-state index contributed by atoms with van der Waals surface area (Å²) >= 11 is 7.69. The highest BCUT2D eigenvalue weighted by atomic mass is 35.5. The third-order valence-corrected chi connectivity index (χ3v) is 16.8. The number of halogens is 1. The zero-order valence-electron chi connectivity index (χ0n) is 20.0. The third kappa shape index (κ3) is 4.57. The van der Waals surface area contributed by atoms with E-state index < -0.39 is 23.7 Å². The minimum atomic E-state index is -2.55. The van der Waals surface area contributed by atoms with Crippen molar-refractivity contribution in [1.82, 2.24) is 3.96 Å². The molecule has 0 spiro atoms. The predicted molar refractivity (Wildman–Crippen MR) is 164 cm³/mol. The maximum Gasteiger partial charge on any atom is 0.154 e. The second-order valence-electron chi connectivity index (χ2n) is 8.48. The van der Waals surface area contributed by atoms with Gasteiger partial charge in [-0.05, 0) is 23.9 Å². The molecule has 3 nitrogen and oxygen atoms in total. The molecule has 1 heterocycles. The average molecular weight is 556 g/mol. The number of benzene rings is 5. The number of hydrogen-bond donors (Lipinski definition) is 0. The van der Waals surface area contributed by atoms with Crippen LogP contribution in [-0.2, 0) is 0 Å². The highest BCUT2D eigenvalue weighted by molar-refractivity contribution is 7.98. The molecule has 1 aliphatic heterocycles. The molecule has 37 heavy (non-hydrogen) atoms. The number of nitrogens with zero attached hydrogens (tertiary/aromatic N) is 3. The molecule has 5 aromatic rings. The van der Waals surface area contributed by atoms with Crippen LogP contribution in [0.25, 0.3) is 0 Å². The molecule has 7 heteroatoms. The number of hydrogen-bond acceptors (Lipinski definition) is 3. The lowest BCUT2D eigenvalue weighted by Crippen LogP contribution is -2.35. The summed E-state index contributed by atoms with van der Waals surface area (Å²) in [5.74, 6) is 0. The Labute approximate surface area is 226 Å². The Balaban J connectivity index is 1.73. The molecule has 6 rings (SSSR count). The van der Waals surface area contributed by atoms with E-state index in [4.69, 9.17) is 16.3 Å². The monoisotopic (exact) mass is 555 g/mol. The van der Waals surface area contributed by atoms with E-state index in [1.54, 1.807) is 0 Å². The van der Waals surface area contributed by atoms with Gasteiger partial charge in [0.05, 0.1) is 0 Å². The third-order valence-electron chi connectivity index (χ3n) is 6.16. The fraction of sp³-hybridized carbons (Fsp3) is 0. The minimum absolute atomic E-state index is 1.12. The molecular formula is C30H25ClN3P3. The largest absolute Gasteiger partial charge is 0.289 e. The molecule has 0 radical (unpaired) electrons. The normalized spacial score (nSPS) is 19.2. The van der Waals surface area contributed by atoms with Gasteiger partial charge in [0.25, 0.3) is 0 Å². The Hall–Kier alpha value is -2.76. The van der Waals surface area contributed by atoms with Crippen LogP contribution < -0.4 is 25.7 Å². The molecule has 5 aromatic carbocycles. The van der Waals surface area contributed by atoms with E-state index in [1.165, 1.54) is 10.6 Å². The fourth-order valence-corrected chi connectivity index (χ4v) is 17.3. The lowest BCUT2D eigenvalue weighted by atomic mass is 10.3. The van der Waals surface area contributed by atoms with E-state index in [0.29, 0.717) is 0 Å². The van der Waals surface area contributed by atoms with E-state index in [0.717, 1.165) is 16.3 Å². The standard InChI is InChI=1S/C30H25ClN3P3/c31-34-36(28-20-10-3-11-21-28)33(26-16-6-1-7-17-26)35(27-18-8-2-9-19-27)32-37(34,29-22-12-4-13-23-29)30-24-14-5-15-25-30/h1-25H. The van der Waals surface area contributed by atoms with Crippen LogP contribution in [-0.4, -0.2) is 3.96 Å². The molecule has 2 unspecified atom stereocenters. The molecule has 0 aromatic heterocycles. The van der Waals surface area contributed by atoms with Crippen LogP contribution >= 0.6 is 35.4 Å². The zero-order valence-corrected chi connectivity index (χ0v) is 23.4. The Morgan fingerprint density at radius 1 is 0.514 bits per heavy atom. The summed E-state index contributed by atoms with van der Waals surface area (Å²) < 4.78 is 10.4. The van der Waals surface area contributed by atoms with E-state index in [9.17, 15) is 0 Å². The van der Waals surface area contributed by atoms with Gasteiger partial charge < -0.3 is 0 Å². The van der Waals surface area contributed by atoms with Crippen molar-refractivity contribution in [2.45, 2.75) is 0 Å². The first-order valence-electron chi connectivity index (χ1n) is 12.0. The Morgan fingerprint density at radius 2 is 0.919 bits per heavy atom. The number of rotatable bonds is 5. The lowest BCUT2D eigenvalue weighted by Gasteiger charge is -2.49. The van der Waals surface area contributed by atoms with Gasteiger partial charge in [0.1, 0.15) is 15.4 Å². The van der Waals surface area contributed by atoms with Gasteiger partial charge in [-0.3, -0.25) is 4.44 Å². The van der Waals surface area contributed by atoms with E-state index in [2.05, 4.69) is 160 Å². The summed E-state index contributed by atoms with van der Waals surface area (Å²) in [6.45, 7) is 0. The maximum atomic E-state index is 7.69. The van der Waals surface area contributed by atoms with Crippen molar-refractivity contribution < 1.29 is 0 Å². The molecule has 0 saturated heterocycles. The molecule has 0 amide bonds. The topological polar surface area (TPSA) is 18.8 Å². The van der Waals surface area contributed by atoms with Gasteiger partial charge >= 0.3 is 0 Å². The molecular weight excluding hydrogens is 531 g/mol. The van der Waals surface area contributed by atoms with Gasteiger partial charge in [0.15, 0.2) is 8.22 Å². The first kappa shape index (κ1) is 24.6. The van der Waals surface area contributed by atoms with Crippen LogP contribution in [0.1, 0.15) is 0 Å². The number of para-hydroxylation sites is 1. The van der Waals surface area contributed by atoms with Gasteiger partial charge in [-0.2, -0.15) is 0 Å². The van der Waals surface area contributed by atoms with Crippen molar-refractivity contribution in [3.63, 3.8) is 0 Å². The highest BCUT2D eigenvalue weighted by Gasteiger charge is 2.47. The van der Waals surface area contributed by atoms with Crippen LogP contribution in [0.3, 0.4) is 0 Å². The van der Waals surface area contributed by atoms with Crippen LogP contribution in [0.2, 0.25) is 0 Å². The van der Waals surface area contributed by atoms with Crippen LogP contribution in [0, 0.1) is 0 Å². The quantitative estimate of drug-likeness (QED) is 0.162. The summed E-state index contributed by atoms with van der Waals surface area (Å²) in [4.78, 5) is 0. The van der Waals surface area contributed by atoms with Crippen LogP contribution in [0.5, 0.6) is 0 Å². The van der Waals surface area contributed by atoms with Crippen molar-refractivity contribution in [3.8, 4) is 0 Å². The van der Waals surface area contributed by atoms with Crippen molar-refractivity contribution in [3.05, 3.63) is 152 Å². The SMILES string of the molecule is ClN1P(c2ccccc2)N(c2ccccc2)P(c2ccccc2)N=P1(c1ccccc1)c1ccccc1. The van der Waals surface area contributed by atoms with Gasteiger partial charge in [-0.25, -0.2) is 4.52 Å². The second-order valence-corrected chi connectivity index (χ2v) is 16.7. The Bertz CT molecular complexity index is 1460. The second kappa shape index (κ2) is 10.9. The van der Waals surface area contributed by atoms with Crippen LogP contribution in [0.15, 0.2) is 156 Å². The Kier molecular flexibility index (Phi) is 7.25. The smallest absolute Gasteiger partial charge is 0.154 e. The maximum absolute atomic E-state index is 7.69. The van der Waals surface area contributed by atoms with Crippen molar-refractivity contribution in [1.29, 1.82) is 0 Å². The van der Waals surface area contributed by atoms with Gasteiger partial charge in [-0.1, -0.05) is 140 Å². The first-order valence-corrected chi connectivity index (χ1v) is 16.6. The molecule has 1 aliphatic rings. The summed E-state index contributed by atoms with van der Waals surface area (Å²) in [5.41, 5.74) is 1.13. The molecule has 0 saturated carbocycles. The Morgan fingerprint density at radius 3 is 1.41 bits per heavy atom. The summed E-state index contributed by atoms with van der Waals surface area (Å²) in [7, 11) is -4.82. The van der Waals surface area contributed by atoms with Gasteiger partial charge in [0, 0.05) is 26.9 Å². The molecule has 2 atom stereocenters. The van der Waals surface area contributed by atoms with E-state index >= 15 is 0 Å². The molecule has 0 bridgehead atoms. The number of anilines is 1. The summed E-state index contributed by atoms with van der Waals surface area (Å²) in [5, 5.41) is 4.74. The van der Waals surface area contributed by atoms with E-state index in [1.807, 2.05) is 0 Å². The molecule has 182 valence electrons. The predicted octanol–water partition coefficient (Wildman–Crippen LogP) is 8.00. The van der Waals surface area contributed by atoms with Crippen molar-refractivity contribution >= 4 is 62.3 Å². The summed E-state index contributed by atoms with van der Waals surface area (Å²) in [6, 6.07) is 53.2.